The minimum absolute atomic E-state index is 0. The second kappa shape index (κ2) is 4.42. The molecular weight excluding hydrogens is 178 g/mol. The highest BCUT2D eigenvalue weighted by Crippen LogP contribution is 2.29. The van der Waals surface area contributed by atoms with E-state index < -0.39 is 0 Å². The topological polar surface area (TPSA) is 30.5 Å². The lowest BCUT2D eigenvalue weighted by Gasteiger charge is -2.24. The summed E-state index contributed by atoms with van der Waals surface area (Å²) in [6.07, 6.45) is 3.23. The number of rotatable bonds is 0. The van der Waals surface area contributed by atoms with Crippen LogP contribution in [0.1, 0.15) is 19.3 Å². The second-order valence-electron chi connectivity index (χ2n) is 3.21. The van der Waals surface area contributed by atoms with Crippen LogP contribution in [0.5, 0.6) is 0 Å². The van der Waals surface area contributed by atoms with Gasteiger partial charge in [0.2, 0.25) is 0 Å². The van der Waals surface area contributed by atoms with Crippen molar-refractivity contribution in [3.05, 3.63) is 0 Å². The first-order valence-corrected chi connectivity index (χ1v) is 4.40. The Balaban J connectivity index is 0.000000720. The molecule has 0 saturated carbocycles. The predicted molar refractivity (Wildman–Crippen MR) is 48.6 cm³/mol. The van der Waals surface area contributed by atoms with Crippen molar-refractivity contribution in [2.45, 2.75) is 25.0 Å². The van der Waals surface area contributed by atoms with Crippen LogP contribution in [0.2, 0.25) is 0 Å². The minimum atomic E-state index is -0.205. The summed E-state index contributed by atoms with van der Waals surface area (Å²) in [4.78, 5) is 0. The Bertz CT molecular complexity index is 127. The van der Waals surface area contributed by atoms with E-state index in [0.29, 0.717) is 0 Å². The zero-order chi connectivity index (χ0) is 7.57. The molecule has 0 amide bonds. The largest absolute Gasteiger partial charge is 0.347 e. The van der Waals surface area contributed by atoms with E-state index in [1.807, 2.05) is 0 Å². The van der Waals surface area contributed by atoms with Crippen LogP contribution in [0.25, 0.3) is 0 Å². The molecule has 1 spiro atoms. The molecule has 72 valence electrons. The van der Waals surface area contributed by atoms with E-state index in [4.69, 9.17) is 9.47 Å². The highest BCUT2D eigenvalue weighted by atomic mass is 35.5. The maximum absolute atomic E-state index is 5.60. The number of nitrogens with one attached hydrogen (secondary N) is 1. The standard InChI is InChI=1S/C8H15NO2.ClH/c1-2-8(3-5-9-4-1)10-6-7-11-8;/h9H,1-7H2;1H. The molecule has 0 atom stereocenters. The molecule has 12 heavy (non-hydrogen) atoms. The van der Waals surface area contributed by atoms with Gasteiger partial charge in [0.1, 0.15) is 0 Å². The minimum Gasteiger partial charge on any atom is -0.347 e. The SMILES string of the molecule is C1CNCCC2(C1)OCCO2.Cl. The average molecular weight is 194 g/mol. The fraction of sp³-hybridized carbons (Fsp3) is 1.00. The van der Waals surface area contributed by atoms with Gasteiger partial charge in [0.05, 0.1) is 13.2 Å². The van der Waals surface area contributed by atoms with Gasteiger partial charge in [0.15, 0.2) is 5.79 Å². The van der Waals surface area contributed by atoms with Crippen LogP contribution in [0.15, 0.2) is 0 Å². The molecular formula is C8H16ClNO2. The van der Waals surface area contributed by atoms with Gasteiger partial charge in [-0.3, -0.25) is 0 Å². The van der Waals surface area contributed by atoms with Crippen molar-refractivity contribution in [1.29, 1.82) is 0 Å². The molecule has 2 saturated heterocycles. The molecule has 2 aliphatic heterocycles. The molecule has 1 N–H and O–H groups in total. The summed E-state index contributed by atoms with van der Waals surface area (Å²) in [5.41, 5.74) is 0. The summed E-state index contributed by atoms with van der Waals surface area (Å²) in [7, 11) is 0. The maximum atomic E-state index is 5.60. The molecule has 0 unspecified atom stereocenters. The third-order valence-electron chi connectivity index (χ3n) is 2.41. The van der Waals surface area contributed by atoms with Gasteiger partial charge < -0.3 is 14.8 Å². The summed E-state index contributed by atoms with van der Waals surface area (Å²) in [6, 6.07) is 0. The molecule has 2 fully saturated rings. The second-order valence-corrected chi connectivity index (χ2v) is 3.21. The fourth-order valence-electron chi connectivity index (χ4n) is 1.80. The van der Waals surface area contributed by atoms with Crippen LogP contribution in [0.4, 0.5) is 0 Å². The lowest BCUT2D eigenvalue weighted by Crippen LogP contribution is -2.30. The van der Waals surface area contributed by atoms with Gasteiger partial charge in [0, 0.05) is 19.4 Å². The molecule has 3 nitrogen and oxygen atoms in total. The Kier molecular flexibility index (Phi) is 3.77. The van der Waals surface area contributed by atoms with Crippen LogP contribution < -0.4 is 5.32 Å². The molecule has 2 heterocycles. The first-order chi connectivity index (χ1) is 5.41. The maximum Gasteiger partial charge on any atom is 0.169 e. The number of hydrogen-bond acceptors (Lipinski definition) is 3. The van der Waals surface area contributed by atoms with Gasteiger partial charge in [-0.05, 0) is 13.0 Å². The van der Waals surface area contributed by atoms with E-state index in [9.17, 15) is 0 Å². The Morgan fingerprint density at radius 1 is 1.00 bits per heavy atom. The van der Waals surface area contributed by atoms with Crippen molar-refractivity contribution in [3.8, 4) is 0 Å². The quantitative estimate of drug-likeness (QED) is 0.621. The first kappa shape index (κ1) is 10.3. The van der Waals surface area contributed by atoms with Crippen LogP contribution in [0, 0.1) is 0 Å². The highest BCUT2D eigenvalue weighted by Gasteiger charge is 2.36. The fourth-order valence-corrected chi connectivity index (χ4v) is 1.80. The zero-order valence-electron chi connectivity index (χ0n) is 7.17. The highest BCUT2D eigenvalue weighted by molar-refractivity contribution is 5.85. The average Bonchev–Trinajstić information content (AvgIpc) is 2.32. The lowest BCUT2D eigenvalue weighted by molar-refractivity contribution is -0.163. The van der Waals surface area contributed by atoms with Gasteiger partial charge in [-0.15, -0.1) is 12.4 Å². The lowest BCUT2D eigenvalue weighted by atomic mass is 10.1. The molecule has 2 rings (SSSR count). The first-order valence-electron chi connectivity index (χ1n) is 4.40. The van der Waals surface area contributed by atoms with Gasteiger partial charge in [-0.25, -0.2) is 0 Å². The van der Waals surface area contributed by atoms with Gasteiger partial charge >= 0.3 is 0 Å². The van der Waals surface area contributed by atoms with Gasteiger partial charge in [0.25, 0.3) is 0 Å². The Labute approximate surface area is 79.2 Å². The van der Waals surface area contributed by atoms with Crippen LogP contribution >= 0.6 is 12.4 Å². The van der Waals surface area contributed by atoms with Crippen molar-refractivity contribution < 1.29 is 9.47 Å². The van der Waals surface area contributed by atoms with Crippen molar-refractivity contribution in [3.63, 3.8) is 0 Å². The number of hydrogen-bond donors (Lipinski definition) is 1. The summed E-state index contributed by atoms with van der Waals surface area (Å²) < 4.78 is 11.2. The molecule has 2 aliphatic rings. The number of ether oxygens (including phenoxy) is 2. The third kappa shape index (κ3) is 2.10. The van der Waals surface area contributed by atoms with E-state index in [1.165, 1.54) is 6.42 Å². The van der Waals surface area contributed by atoms with Crippen LogP contribution in [-0.2, 0) is 9.47 Å². The van der Waals surface area contributed by atoms with Crippen molar-refractivity contribution in [2.75, 3.05) is 26.3 Å². The number of halogens is 1. The normalized spacial score (nSPS) is 28.0. The van der Waals surface area contributed by atoms with E-state index in [1.54, 1.807) is 0 Å². The van der Waals surface area contributed by atoms with Crippen molar-refractivity contribution in [2.24, 2.45) is 0 Å². The van der Waals surface area contributed by atoms with Gasteiger partial charge in [-0.1, -0.05) is 0 Å². The Morgan fingerprint density at radius 3 is 2.50 bits per heavy atom. The zero-order valence-corrected chi connectivity index (χ0v) is 7.99. The van der Waals surface area contributed by atoms with E-state index in [0.717, 1.165) is 39.1 Å². The molecule has 0 aromatic heterocycles. The Hall–Kier alpha value is 0.170. The van der Waals surface area contributed by atoms with E-state index in [2.05, 4.69) is 5.32 Å². The molecule has 0 radical (unpaired) electrons. The molecule has 0 bridgehead atoms. The predicted octanol–water partition coefficient (Wildman–Crippen LogP) is 0.925. The molecule has 0 aliphatic carbocycles. The summed E-state index contributed by atoms with van der Waals surface area (Å²) in [6.45, 7) is 3.69. The molecule has 0 aromatic carbocycles. The Morgan fingerprint density at radius 2 is 1.75 bits per heavy atom. The molecule has 4 heteroatoms. The van der Waals surface area contributed by atoms with Crippen LogP contribution in [-0.4, -0.2) is 32.1 Å². The van der Waals surface area contributed by atoms with E-state index >= 15 is 0 Å². The third-order valence-corrected chi connectivity index (χ3v) is 2.41. The van der Waals surface area contributed by atoms with Crippen molar-refractivity contribution >= 4 is 12.4 Å². The summed E-state index contributed by atoms with van der Waals surface area (Å²) >= 11 is 0. The molecule has 0 aromatic rings. The van der Waals surface area contributed by atoms with Crippen molar-refractivity contribution in [1.82, 2.24) is 5.32 Å². The summed E-state index contributed by atoms with van der Waals surface area (Å²) in [5, 5.41) is 3.34. The summed E-state index contributed by atoms with van der Waals surface area (Å²) in [5.74, 6) is -0.205. The monoisotopic (exact) mass is 193 g/mol. The van der Waals surface area contributed by atoms with E-state index in [-0.39, 0.29) is 18.2 Å². The van der Waals surface area contributed by atoms with Crippen LogP contribution in [0.3, 0.4) is 0 Å². The smallest absolute Gasteiger partial charge is 0.169 e. The van der Waals surface area contributed by atoms with Gasteiger partial charge in [-0.2, -0.15) is 0 Å².